The van der Waals surface area contributed by atoms with E-state index in [1.807, 2.05) is 0 Å². The number of nitrogens with one attached hydrogen (secondary N) is 1. The Morgan fingerprint density at radius 1 is 1.38 bits per heavy atom. The van der Waals surface area contributed by atoms with Gasteiger partial charge in [0.1, 0.15) is 23.3 Å². The first-order valence-electron chi connectivity index (χ1n) is 7.90. The SMILES string of the molecule is Cc1nc(N)c(CCC2CCN(C(=O)CNC(=O)O)CC2)c(Cl)n1. The number of nitrogen functional groups attached to an aromatic ring is 1. The summed E-state index contributed by atoms with van der Waals surface area (Å²) in [6, 6.07) is 0. The normalized spacial score (nSPS) is 15.3. The number of likely N-dealkylation sites (tertiary alicyclic amines) is 1. The Kier molecular flexibility index (Phi) is 6.19. The molecule has 0 atom stereocenters. The van der Waals surface area contributed by atoms with Crippen LogP contribution < -0.4 is 11.1 Å². The third-order valence-corrected chi connectivity index (χ3v) is 4.57. The average Bonchev–Trinajstić information content (AvgIpc) is 2.52. The standard InChI is InChI=1S/C15H22ClN5O3/c1-9-19-13(16)11(14(17)20-9)3-2-10-4-6-21(7-5-10)12(22)8-18-15(23)24/h10,18H,2-8H2,1H3,(H,23,24)(H2,17,19,20). The van der Waals surface area contributed by atoms with Gasteiger partial charge in [0, 0.05) is 18.7 Å². The number of amides is 2. The molecule has 4 N–H and O–H groups in total. The van der Waals surface area contributed by atoms with Crippen LogP contribution in [0.5, 0.6) is 0 Å². The van der Waals surface area contributed by atoms with Gasteiger partial charge in [0.15, 0.2) is 0 Å². The van der Waals surface area contributed by atoms with Crippen LogP contribution in [0, 0.1) is 12.8 Å². The summed E-state index contributed by atoms with van der Waals surface area (Å²) in [5, 5.41) is 11.0. The molecule has 132 valence electrons. The molecule has 2 amide bonds. The van der Waals surface area contributed by atoms with Crippen molar-refractivity contribution in [3.63, 3.8) is 0 Å². The van der Waals surface area contributed by atoms with Crippen LogP contribution in [-0.2, 0) is 11.2 Å². The van der Waals surface area contributed by atoms with E-state index in [0.29, 0.717) is 42.2 Å². The lowest BCUT2D eigenvalue weighted by atomic mass is 9.91. The first-order chi connectivity index (χ1) is 11.4. The molecule has 8 nitrogen and oxygen atoms in total. The predicted molar refractivity (Wildman–Crippen MR) is 89.8 cm³/mol. The highest BCUT2D eigenvalue weighted by atomic mass is 35.5. The zero-order valence-corrected chi connectivity index (χ0v) is 14.3. The van der Waals surface area contributed by atoms with Crippen molar-refractivity contribution in [2.24, 2.45) is 5.92 Å². The smallest absolute Gasteiger partial charge is 0.405 e. The highest BCUT2D eigenvalue weighted by Crippen LogP contribution is 2.26. The molecule has 0 aromatic carbocycles. The molecule has 0 aliphatic carbocycles. The third kappa shape index (κ3) is 4.95. The van der Waals surface area contributed by atoms with E-state index >= 15 is 0 Å². The summed E-state index contributed by atoms with van der Waals surface area (Å²) in [4.78, 5) is 32.3. The van der Waals surface area contributed by atoms with Crippen molar-refractivity contribution in [3.05, 3.63) is 16.5 Å². The number of aromatic nitrogens is 2. The molecule has 1 aliphatic rings. The Morgan fingerprint density at radius 2 is 2.04 bits per heavy atom. The minimum Gasteiger partial charge on any atom is -0.465 e. The fourth-order valence-electron chi connectivity index (χ4n) is 2.90. The van der Waals surface area contributed by atoms with Crippen LogP contribution >= 0.6 is 11.6 Å². The highest BCUT2D eigenvalue weighted by molar-refractivity contribution is 6.30. The molecule has 1 aromatic heterocycles. The molecule has 1 aromatic rings. The number of carbonyl (C=O) groups excluding carboxylic acids is 1. The van der Waals surface area contributed by atoms with Crippen molar-refractivity contribution in [2.75, 3.05) is 25.4 Å². The van der Waals surface area contributed by atoms with Gasteiger partial charge in [0.25, 0.3) is 0 Å². The third-order valence-electron chi connectivity index (χ3n) is 4.26. The van der Waals surface area contributed by atoms with Crippen molar-refractivity contribution in [1.29, 1.82) is 0 Å². The zero-order valence-electron chi connectivity index (χ0n) is 13.6. The monoisotopic (exact) mass is 355 g/mol. The molecule has 1 saturated heterocycles. The quantitative estimate of drug-likeness (QED) is 0.687. The summed E-state index contributed by atoms with van der Waals surface area (Å²) < 4.78 is 0. The fourth-order valence-corrected chi connectivity index (χ4v) is 3.21. The molecule has 9 heteroatoms. The second-order valence-corrected chi connectivity index (χ2v) is 6.30. The van der Waals surface area contributed by atoms with E-state index in [-0.39, 0.29) is 12.5 Å². The van der Waals surface area contributed by atoms with Gasteiger partial charge >= 0.3 is 6.09 Å². The van der Waals surface area contributed by atoms with Crippen molar-refractivity contribution in [1.82, 2.24) is 20.2 Å². The average molecular weight is 356 g/mol. The highest BCUT2D eigenvalue weighted by Gasteiger charge is 2.23. The topological polar surface area (TPSA) is 121 Å². The Hall–Kier alpha value is -2.09. The number of piperidine rings is 1. The van der Waals surface area contributed by atoms with Gasteiger partial charge in [-0.25, -0.2) is 14.8 Å². The number of carbonyl (C=O) groups is 2. The molecule has 0 spiro atoms. The maximum Gasteiger partial charge on any atom is 0.405 e. The molecular formula is C15H22ClN5O3. The Morgan fingerprint density at radius 3 is 2.62 bits per heavy atom. The lowest BCUT2D eigenvalue weighted by Gasteiger charge is -2.32. The van der Waals surface area contributed by atoms with E-state index in [0.717, 1.165) is 24.8 Å². The van der Waals surface area contributed by atoms with Gasteiger partial charge in [-0.05, 0) is 38.5 Å². The minimum absolute atomic E-state index is 0.174. The second-order valence-electron chi connectivity index (χ2n) is 5.95. The van der Waals surface area contributed by atoms with Crippen LogP contribution in [0.25, 0.3) is 0 Å². The summed E-state index contributed by atoms with van der Waals surface area (Å²) in [6.45, 7) is 2.85. The number of anilines is 1. The molecule has 0 radical (unpaired) electrons. The number of rotatable bonds is 5. The lowest BCUT2D eigenvalue weighted by molar-refractivity contribution is -0.131. The summed E-state index contributed by atoms with van der Waals surface area (Å²) in [5.74, 6) is 1.27. The van der Waals surface area contributed by atoms with Crippen LogP contribution in [0.1, 0.15) is 30.7 Å². The van der Waals surface area contributed by atoms with E-state index in [4.69, 9.17) is 22.4 Å². The molecule has 2 rings (SSSR count). The molecule has 0 bridgehead atoms. The van der Waals surface area contributed by atoms with Crippen LogP contribution in [0.3, 0.4) is 0 Å². The van der Waals surface area contributed by atoms with Crippen LogP contribution in [0.4, 0.5) is 10.6 Å². The van der Waals surface area contributed by atoms with Crippen molar-refractivity contribution in [3.8, 4) is 0 Å². The first kappa shape index (κ1) is 18.3. The number of hydrogen-bond donors (Lipinski definition) is 3. The largest absolute Gasteiger partial charge is 0.465 e. The van der Waals surface area contributed by atoms with Crippen LogP contribution in [0.2, 0.25) is 5.15 Å². The summed E-state index contributed by atoms with van der Waals surface area (Å²) >= 11 is 6.14. The van der Waals surface area contributed by atoms with Gasteiger partial charge in [-0.3, -0.25) is 4.79 Å². The Balaban J connectivity index is 1.79. The maximum atomic E-state index is 11.9. The van der Waals surface area contributed by atoms with E-state index in [1.165, 1.54) is 0 Å². The number of hydrogen-bond acceptors (Lipinski definition) is 5. The summed E-state index contributed by atoms with van der Waals surface area (Å²) in [7, 11) is 0. The van der Waals surface area contributed by atoms with E-state index in [2.05, 4.69) is 15.3 Å². The first-order valence-corrected chi connectivity index (χ1v) is 8.27. The Bertz CT molecular complexity index is 594. The fraction of sp³-hybridized carbons (Fsp3) is 0.600. The number of nitrogens with two attached hydrogens (primary N) is 1. The van der Waals surface area contributed by atoms with Gasteiger partial charge in [-0.2, -0.15) is 0 Å². The molecule has 0 unspecified atom stereocenters. The molecule has 1 aliphatic heterocycles. The summed E-state index contributed by atoms with van der Waals surface area (Å²) in [6.07, 6.45) is 2.19. The van der Waals surface area contributed by atoms with Crippen LogP contribution in [-0.4, -0.2) is 51.6 Å². The Labute approximate surface area is 145 Å². The van der Waals surface area contributed by atoms with E-state index in [9.17, 15) is 9.59 Å². The molecule has 24 heavy (non-hydrogen) atoms. The van der Waals surface area contributed by atoms with Gasteiger partial charge in [0.2, 0.25) is 5.91 Å². The number of carboxylic acid groups (broad SMARTS) is 1. The number of aryl methyl sites for hydroxylation is 1. The number of halogens is 1. The van der Waals surface area contributed by atoms with Gasteiger partial charge in [-0.15, -0.1) is 0 Å². The lowest BCUT2D eigenvalue weighted by Crippen LogP contribution is -2.43. The molecular weight excluding hydrogens is 334 g/mol. The molecule has 2 heterocycles. The predicted octanol–water partition coefficient (Wildman–Crippen LogP) is 1.46. The van der Waals surface area contributed by atoms with Crippen LogP contribution in [0.15, 0.2) is 0 Å². The molecule has 1 fully saturated rings. The van der Waals surface area contributed by atoms with E-state index in [1.54, 1.807) is 11.8 Å². The molecule has 0 saturated carbocycles. The zero-order chi connectivity index (χ0) is 17.7. The minimum atomic E-state index is -1.19. The van der Waals surface area contributed by atoms with Crippen molar-refractivity contribution < 1.29 is 14.7 Å². The maximum absolute atomic E-state index is 11.9. The van der Waals surface area contributed by atoms with Gasteiger partial charge < -0.3 is 21.1 Å². The van der Waals surface area contributed by atoms with Crippen molar-refractivity contribution in [2.45, 2.75) is 32.6 Å². The number of nitrogens with zero attached hydrogens (tertiary/aromatic N) is 3. The van der Waals surface area contributed by atoms with Crippen molar-refractivity contribution >= 4 is 29.4 Å². The van der Waals surface area contributed by atoms with E-state index < -0.39 is 6.09 Å². The summed E-state index contributed by atoms with van der Waals surface area (Å²) in [5.41, 5.74) is 6.70. The van der Waals surface area contributed by atoms with Gasteiger partial charge in [-0.1, -0.05) is 11.6 Å². The van der Waals surface area contributed by atoms with Gasteiger partial charge in [0.05, 0.1) is 0 Å². The second kappa shape index (κ2) is 8.14.